The SMILES string of the molecule is OCCO[B]c1c2ccccc2c(B2OCCO2)c2nccnc12. The average molecular weight is 321 g/mol. The van der Waals surface area contributed by atoms with Gasteiger partial charge in [-0.05, 0) is 16.2 Å². The van der Waals surface area contributed by atoms with E-state index in [1.807, 2.05) is 24.3 Å². The second-order valence-electron chi connectivity index (χ2n) is 5.41. The van der Waals surface area contributed by atoms with Crippen LogP contribution in [0.25, 0.3) is 21.8 Å². The number of hydrogen-bond acceptors (Lipinski definition) is 6. The van der Waals surface area contributed by atoms with Gasteiger partial charge in [-0.3, -0.25) is 9.97 Å². The third-order valence-corrected chi connectivity index (χ3v) is 3.98. The van der Waals surface area contributed by atoms with Gasteiger partial charge in [-0.1, -0.05) is 24.3 Å². The highest BCUT2D eigenvalue weighted by Crippen LogP contribution is 2.19. The maximum atomic E-state index is 8.95. The molecule has 119 valence electrons. The Morgan fingerprint density at radius 2 is 1.79 bits per heavy atom. The monoisotopic (exact) mass is 321 g/mol. The van der Waals surface area contributed by atoms with Crippen molar-refractivity contribution in [2.75, 3.05) is 26.4 Å². The molecule has 24 heavy (non-hydrogen) atoms. The minimum Gasteiger partial charge on any atom is -0.432 e. The lowest BCUT2D eigenvalue weighted by Gasteiger charge is -2.15. The van der Waals surface area contributed by atoms with Crippen molar-refractivity contribution in [1.29, 1.82) is 0 Å². The standard InChI is InChI=1S/C16H15B2N2O4/c21-7-8-22-17-13-11-3-1-2-4-12(11)14(18-23-9-10-24-18)16-15(13)19-5-6-20-16/h1-6,21H,7-10H2. The summed E-state index contributed by atoms with van der Waals surface area (Å²) in [6.45, 7) is 1.31. The van der Waals surface area contributed by atoms with Crippen molar-refractivity contribution in [3.05, 3.63) is 36.7 Å². The topological polar surface area (TPSA) is 73.7 Å². The molecule has 6 nitrogen and oxygen atoms in total. The molecule has 1 radical (unpaired) electrons. The third kappa shape index (κ3) is 2.67. The van der Waals surface area contributed by atoms with Crippen LogP contribution in [-0.4, -0.2) is 56.1 Å². The summed E-state index contributed by atoms with van der Waals surface area (Å²) in [5.41, 5.74) is 3.19. The largest absolute Gasteiger partial charge is 0.496 e. The Balaban J connectivity index is 1.98. The fraction of sp³-hybridized carbons (Fsp3) is 0.250. The molecule has 1 N–H and O–H groups in total. The minimum atomic E-state index is -0.443. The van der Waals surface area contributed by atoms with Gasteiger partial charge in [0.25, 0.3) is 0 Å². The Labute approximate surface area is 140 Å². The summed E-state index contributed by atoms with van der Waals surface area (Å²) in [4.78, 5) is 9.01. The molecular formula is C16H15B2N2O4. The first-order valence-corrected chi connectivity index (χ1v) is 7.84. The fourth-order valence-corrected chi connectivity index (χ4v) is 3.02. The second kappa shape index (κ2) is 6.86. The Hall–Kier alpha value is -1.99. The zero-order chi connectivity index (χ0) is 16.4. The maximum Gasteiger partial charge on any atom is 0.496 e. The van der Waals surface area contributed by atoms with Crippen molar-refractivity contribution in [3.63, 3.8) is 0 Å². The normalized spacial score (nSPS) is 14.6. The summed E-state index contributed by atoms with van der Waals surface area (Å²) in [6.07, 6.45) is 3.31. The third-order valence-electron chi connectivity index (χ3n) is 3.98. The first-order valence-electron chi connectivity index (χ1n) is 7.84. The number of aromatic nitrogens is 2. The van der Waals surface area contributed by atoms with Crippen molar-refractivity contribution in [2.24, 2.45) is 0 Å². The summed E-state index contributed by atoms with van der Waals surface area (Å²) in [6, 6.07) is 7.97. The van der Waals surface area contributed by atoms with Gasteiger partial charge in [0.05, 0.1) is 37.5 Å². The number of aliphatic hydroxyl groups is 1. The molecule has 4 rings (SSSR count). The Bertz CT molecular complexity index is 814. The van der Waals surface area contributed by atoms with E-state index in [0.717, 1.165) is 32.7 Å². The van der Waals surface area contributed by atoms with E-state index in [4.69, 9.17) is 19.1 Å². The van der Waals surface area contributed by atoms with Gasteiger partial charge in [-0.2, -0.15) is 0 Å². The predicted octanol–water partition coefficient (Wildman–Crippen LogP) is -0.222. The van der Waals surface area contributed by atoms with Gasteiger partial charge in [-0.25, -0.2) is 0 Å². The van der Waals surface area contributed by atoms with Crippen LogP contribution in [0.15, 0.2) is 36.7 Å². The van der Waals surface area contributed by atoms with Gasteiger partial charge in [-0.15, -0.1) is 0 Å². The van der Waals surface area contributed by atoms with E-state index in [-0.39, 0.29) is 13.2 Å². The molecule has 1 aliphatic rings. The van der Waals surface area contributed by atoms with Gasteiger partial charge in [0.2, 0.25) is 0 Å². The molecule has 1 aliphatic heterocycles. The second-order valence-corrected chi connectivity index (χ2v) is 5.41. The zero-order valence-corrected chi connectivity index (χ0v) is 13.0. The van der Waals surface area contributed by atoms with E-state index < -0.39 is 7.12 Å². The van der Waals surface area contributed by atoms with Gasteiger partial charge < -0.3 is 19.1 Å². The molecule has 0 unspecified atom stereocenters. The van der Waals surface area contributed by atoms with E-state index in [1.165, 1.54) is 0 Å². The first kappa shape index (κ1) is 15.5. The molecule has 0 saturated carbocycles. The highest BCUT2D eigenvalue weighted by Gasteiger charge is 2.32. The van der Waals surface area contributed by atoms with Crippen LogP contribution in [0.2, 0.25) is 0 Å². The predicted molar refractivity (Wildman–Crippen MR) is 92.8 cm³/mol. The Morgan fingerprint density at radius 1 is 1.08 bits per heavy atom. The lowest BCUT2D eigenvalue weighted by Crippen LogP contribution is -2.36. The summed E-state index contributed by atoms with van der Waals surface area (Å²) in [5, 5.41) is 10.9. The van der Waals surface area contributed by atoms with Crippen molar-refractivity contribution < 1.29 is 19.1 Å². The molecule has 1 aromatic heterocycles. The lowest BCUT2D eigenvalue weighted by atomic mass is 9.71. The van der Waals surface area contributed by atoms with Crippen LogP contribution in [0.1, 0.15) is 0 Å². The first-order chi connectivity index (χ1) is 11.9. The highest BCUT2D eigenvalue weighted by atomic mass is 16.6. The van der Waals surface area contributed by atoms with Crippen LogP contribution >= 0.6 is 0 Å². The smallest absolute Gasteiger partial charge is 0.432 e. The number of benzene rings is 2. The van der Waals surface area contributed by atoms with Gasteiger partial charge >= 0.3 is 14.6 Å². The van der Waals surface area contributed by atoms with E-state index >= 15 is 0 Å². The summed E-state index contributed by atoms with van der Waals surface area (Å²) < 4.78 is 16.9. The Morgan fingerprint density at radius 3 is 2.54 bits per heavy atom. The molecule has 0 spiro atoms. The van der Waals surface area contributed by atoms with Crippen LogP contribution in [0.3, 0.4) is 0 Å². The van der Waals surface area contributed by atoms with E-state index in [1.54, 1.807) is 19.9 Å². The van der Waals surface area contributed by atoms with Crippen LogP contribution < -0.4 is 10.9 Å². The van der Waals surface area contributed by atoms with Gasteiger partial charge in [0, 0.05) is 17.9 Å². The fourth-order valence-electron chi connectivity index (χ4n) is 3.02. The summed E-state index contributed by atoms with van der Waals surface area (Å²) in [5.74, 6) is 0. The molecule has 2 heterocycles. The molecule has 2 aromatic carbocycles. The maximum absolute atomic E-state index is 8.95. The van der Waals surface area contributed by atoms with Crippen LogP contribution in [0, 0.1) is 0 Å². The zero-order valence-electron chi connectivity index (χ0n) is 13.0. The van der Waals surface area contributed by atoms with Gasteiger partial charge in [0.15, 0.2) is 0 Å². The number of fused-ring (bicyclic) bond motifs is 2. The van der Waals surface area contributed by atoms with E-state index in [0.29, 0.717) is 13.2 Å². The van der Waals surface area contributed by atoms with Crippen molar-refractivity contribution >= 4 is 47.3 Å². The van der Waals surface area contributed by atoms with Crippen LogP contribution in [-0.2, 0) is 14.0 Å². The quantitative estimate of drug-likeness (QED) is 0.398. The Kier molecular flexibility index (Phi) is 4.44. The summed E-state index contributed by atoms with van der Waals surface area (Å²) >= 11 is 0. The molecule has 0 atom stereocenters. The molecule has 3 aromatic rings. The van der Waals surface area contributed by atoms with Crippen molar-refractivity contribution in [1.82, 2.24) is 9.97 Å². The molecule has 0 bridgehead atoms. The lowest BCUT2D eigenvalue weighted by molar-refractivity contribution is 0.209. The molecule has 0 aliphatic carbocycles. The molecule has 1 fully saturated rings. The number of aliphatic hydroxyl groups excluding tert-OH is 1. The van der Waals surface area contributed by atoms with E-state index in [9.17, 15) is 0 Å². The van der Waals surface area contributed by atoms with Gasteiger partial charge in [0.1, 0.15) is 0 Å². The highest BCUT2D eigenvalue weighted by molar-refractivity contribution is 6.70. The molecular weight excluding hydrogens is 306 g/mol. The number of hydrogen-bond donors (Lipinski definition) is 1. The number of nitrogens with zero attached hydrogens (tertiary/aromatic N) is 2. The van der Waals surface area contributed by atoms with E-state index in [2.05, 4.69) is 9.97 Å². The average Bonchev–Trinajstić information content (AvgIpc) is 3.15. The van der Waals surface area contributed by atoms with Crippen LogP contribution in [0.5, 0.6) is 0 Å². The molecule has 1 saturated heterocycles. The van der Waals surface area contributed by atoms with Crippen molar-refractivity contribution in [2.45, 2.75) is 0 Å². The molecule has 0 amide bonds. The summed E-state index contributed by atoms with van der Waals surface area (Å²) in [7, 11) is 1.19. The minimum absolute atomic E-state index is 0.0418. The van der Waals surface area contributed by atoms with Crippen LogP contribution in [0.4, 0.5) is 0 Å². The van der Waals surface area contributed by atoms with Crippen molar-refractivity contribution in [3.8, 4) is 0 Å². The molecule has 8 heteroatoms. The number of rotatable bonds is 5.